The Balaban J connectivity index is 1.62. The molecule has 8 heteroatoms. The van der Waals surface area contributed by atoms with Crippen LogP contribution in [0.4, 0.5) is 0 Å². The molecule has 4 rings (SSSR count). The molecular weight excluding hydrogens is 400 g/mol. The zero-order chi connectivity index (χ0) is 20.9. The Morgan fingerprint density at radius 1 is 1.07 bits per heavy atom. The number of aryl methyl sites for hydroxylation is 1. The van der Waals surface area contributed by atoms with Crippen LogP contribution in [0, 0.1) is 0 Å². The number of tetrazole rings is 1. The number of nitrogens with zero attached hydrogens (tertiary/aromatic N) is 5. The predicted molar refractivity (Wildman–Crippen MR) is 117 cm³/mol. The summed E-state index contributed by atoms with van der Waals surface area (Å²) < 4.78 is 7.56. The van der Waals surface area contributed by atoms with Crippen LogP contribution in [0.15, 0.2) is 48.5 Å². The average molecular weight is 423 g/mol. The first-order valence-corrected chi connectivity index (χ1v) is 10.3. The number of H-pyrrole nitrogens is 1. The number of halogens is 1. The zero-order valence-electron chi connectivity index (χ0n) is 17.0. The van der Waals surface area contributed by atoms with Crippen LogP contribution >= 0.6 is 11.6 Å². The van der Waals surface area contributed by atoms with Gasteiger partial charge in [-0.3, -0.25) is 4.57 Å². The molecule has 4 aromatic rings. The number of aromatic amines is 1. The fourth-order valence-electron chi connectivity index (χ4n) is 3.51. The molecule has 0 radical (unpaired) electrons. The van der Waals surface area contributed by atoms with Crippen LogP contribution in [0.1, 0.15) is 31.2 Å². The number of aromatic nitrogens is 6. The highest BCUT2D eigenvalue weighted by atomic mass is 35.5. The van der Waals surface area contributed by atoms with Crippen molar-refractivity contribution in [3.05, 3.63) is 65.1 Å². The summed E-state index contributed by atoms with van der Waals surface area (Å²) in [6.45, 7) is 2.81. The first-order valence-electron chi connectivity index (χ1n) is 9.92. The minimum Gasteiger partial charge on any atom is -0.480 e. The summed E-state index contributed by atoms with van der Waals surface area (Å²) in [4.78, 5) is 4.50. The molecule has 7 nitrogen and oxygen atoms in total. The Morgan fingerprint density at radius 2 is 1.83 bits per heavy atom. The van der Waals surface area contributed by atoms with Gasteiger partial charge in [-0.1, -0.05) is 73.5 Å². The van der Waals surface area contributed by atoms with Crippen molar-refractivity contribution in [3.63, 3.8) is 0 Å². The predicted octanol–water partition coefficient (Wildman–Crippen LogP) is 4.78. The van der Waals surface area contributed by atoms with Crippen LogP contribution in [-0.2, 0) is 13.0 Å². The summed E-state index contributed by atoms with van der Waals surface area (Å²) in [5.41, 5.74) is 4.21. The van der Waals surface area contributed by atoms with Crippen LogP contribution in [0.2, 0.25) is 5.15 Å². The Labute approximate surface area is 180 Å². The van der Waals surface area contributed by atoms with Crippen LogP contribution < -0.4 is 4.74 Å². The second-order valence-corrected chi connectivity index (χ2v) is 7.35. The molecule has 0 fully saturated rings. The Hall–Kier alpha value is -3.19. The van der Waals surface area contributed by atoms with Crippen molar-refractivity contribution in [3.8, 4) is 28.4 Å². The number of rotatable bonds is 8. The SMILES string of the molecule is CCCCc1nc(Cl)c(OC)n1Cc1ccc(-c2ccccc2-c2nn[nH]n2)cc1. The van der Waals surface area contributed by atoms with E-state index in [1.165, 1.54) is 0 Å². The first-order chi connectivity index (χ1) is 14.7. The number of hydrogen-bond donors (Lipinski definition) is 1. The van der Waals surface area contributed by atoms with Gasteiger partial charge < -0.3 is 4.74 Å². The smallest absolute Gasteiger partial charge is 0.233 e. The van der Waals surface area contributed by atoms with Crippen LogP contribution in [0.3, 0.4) is 0 Å². The van der Waals surface area contributed by atoms with Gasteiger partial charge in [0.15, 0.2) is 5.15 Å². The molecule has 2 aromatic carbocycles. The van der Waals surface area contributed by atoms with Crippen molar-refractivity contribution in [2.75, 3.05) is 7.11 Å². The highest BCUT2D eigenvalue weighted by Gasteiger charge is 2.17. The van der Waals surface area contributed by atoms with E-state index in [0.717, 1.165) is 47.3 Å². The van der Waals surface area contributed by atoms with Crippen molar-refractivity contribution in [1.82, 2.24) is 30.2 Å². The number of methoxy groups -OCH3 is 1. The van der Waals surface area contributed by atoms with Crippen LogP contribution in [0.5, 0.6) is 5.88 Å². The lowest BCUT2D eigenvalue weighted by molar-refractivity contribution is 0.374. The maximum atomic E-state index is 6.29. The zero-order valence-corrected chi connectivity index (χ0v) is 17.7. The van der Waals surface area contributed by atoms with Crippen molar-refractivity contribution in [1.29, 1.82) is 0 Å². The fraction of sp³-hybridized carbons (Fsp3) is 0.273. The normalized spacial score (nSPS) is 11.0. The highest BCUT2D eigenvalue weighted by Crippen LogP contribution is 2.31. The van der Waals surface area contributed by atoms with Gasteiger partial charge >= 0.3 is 0 Å². The van der Waals surface area contributed by atoms with E-state index >= 15 is 0 Å². The van der Waals surface area contributed by atoms with Gasteiger partial charge in [-0.2, -0.15) is 5.21 Å². The number of nitrogens with one attached hydrogen (secondary N) is 1. The second kappa shape index (κ2) is 9.09. The molecule has 154 valence electrons. The second-order valence-electron chi connectivity index (χ2n) is 7.00. The van der Waals surface area contributed by atoms with Gasteiger partial charge in [0.25, 0.3) is 0 Å². The number of ether oxygens (including phenoxy) is 1. The summed E-state index contributed by atoms with van der Waals surface area (Å²) in [5.74, 6) is 2.13. The van der Waals surface area contributed by atoms with E-state index in [2.05, 4.69) is 67.4 Å². The standard InChI is InChI=1S/C22H23ClN6O/c1-3-4-9-19-24-20(23)22(30-2)29(19)14-15-10-12-16(13-11-15)17-7-5-6-8-18(17)21-25-27-28-26-21/h5-8,10-13H,3-4,9,14H2,1-2H3,(H,25,26,27,28). The third-order valence-corrected chi connectivity index (χ3v) is 5.27. The van der Waals surface area contributed by atoms with Gasteiger partial charge in [-0.25, -0.2) is 4.98 Å². The molecule has 0 saturated carbocycles. The Morgan fingerprint density at radius 3 is 2.50 bits per heavy atom. The Kier molecular flexibility index (Phi) is 6.09. The van der Waals surface area contributed by atoms with Crippen molar-refractivity contribution in [2.24, 2.45) is 0 Å². The molecule has 0 saturated heterocycles. The first kappa shape index (κ1) is 20.1. The molecule has 1 N–H and O–H groups in total. The maximum absolute atomic E-state index is 6.29. The summed E-state index contributed by atoms with van der Waals surface area (Å²) in [6, 6.07) is 16.4. The van der Waals surface area contributed by atoms with E-state index in [0.29, 0.717) is 23.4 Å². The quantitative estimate of drug-likeness (QED) is 0.441. The minimum absolute atomic E-state index is 0.411. The summed E-state index contributed by atoms with van der Waals surface area (Å²) >= 11 is 6.29. The lowest BCUT2D eigenvalue weighted by Crippen LogP contribution is -2.07. The molecule has 0 aliphatic carbocycles. The highest BCUT2D eigenvalue weighted by molar-refractivity contribution is 6.30. The van der Waals surface area contributed by atoms with E-state index in [1.54, 1.807) is 7.11 Å². The van der Waals surface area contributed by atoms with Crippen molar-refractivity contribution in [2.45, 2.75) is 32.7 Å². The topological polar surface area (TPSA) is 81.5 Å². The lowest BCUT2D eigenvalue weighted by Gasteiger charge is -2.12. The molecule has 0 unspecified atom stereocenters. The average Bonchev–Trinajstić information content (AvgIpc) is 3.41. The molecule has 0 aliphatic heterocycles. The van der Waals surface area contributed by atoms with E-state index in [1.807, 2.05) is 18.2 Å². The van der Waals surface area contributed by atoms with Crippen LogP contribution in [-0.4, -0.2) is 37.3 Å². The van der Waals surface area contributed by atoms with E-state index in [-0.39, 0.29) is 0 Å². The summed E-state index contributed by atoms with van der Waals surface area (Å²) in [5, 5.41) is 14.8. The molecular formula is C22H23ClN6O. The largest absolute Gasteiger partial charge is 0.480 e. The fourth-order valence-corrected chi connectivity index (χ4v) is 3.79. The van der Waals surface area contributed by atoms with Gasteiger partial charge in [-0.15, -0.1) is 10.2 Å². The monoisotopic (exact) mass is 422 g/mol. The molecule has 0 amide bonds. The molecule has 0 spiro atoms. The third kappa shape index (κ3) is 4.07. The van der Waals surface area contributed by atoms with Crippen molar-refractivity contribution >= 4 is 11.6 Å². The molecule has 0 bridgehead atoms. The molecule has 30 heavy (non-hydrogen) atoms. The number of unbranched alkanes of at least 4 members (excludes halogenated alkanes) is 1. The van der Waals surface area contributed by atoms with E-state index in [9.17, 15) is 0 Å². The number of hydrogen-bond acceptors (Lipinski definition) is 5. The number of benzene rings is 2. The van der Waals surface area contributed by atoms with E-state index < -0.39 is 0 Å². The lowest BCUT2D eigenvalue weighted by atomic mass is 9.98. The van der Waals surface area contributed by atoms with Crippen molar-refractivity contribution < 1.29 is 4.74 Å². The number of imidazole rings is 1. The van der Waals surface area contributed by atoms with Gasteiger partial charge in [0, 0.05) is 12.0 Å². The minimum atomic E-state index is 0.411. The van der Waals surface area contributed by atoms with Gasteiger partial charge in [0.2, 0.25) is 11.7 Å². The third-order valence-electron chi connectivity index (χ3n) is 5.03. The molecule has 0 aliphatic rings. The van der Waals surface area contributed by atoms with Gasteiger partial charge in [-0.05, 0) is 28.3 Å². The maximum Gasteiger partial charge on any atom is 0.233 e. The molecule has 0 atom stereocenters. The van der Waals surface area contributed by atoms with Crippen LogP contribution in [0.25, 0.3) is 22.5 Å². The molecule has 2 aromatic heterocycles. The Bertz CT molecular complexity index is 1110. The van der Waals surface area contributed by atoms with E-state index in [4.69, 9.17) is 16.3 Å². The van der Waals surface area contributed by atoms with Gasteiger partial charge in [0.1, 0.15) is 5.82 Å². The molecule has 2 heterocycles. The summed E-state index contributed by atoms with van der Waals surface area (Å²) in [7, 11) is 1.63. The summed E-state index contributed by atoms with van der Waals surface area (Å²) in [6.07, 6.45) is 3.03. The van der Waals surface area contributed by atoms with Gasteiger partial charge in [0.05, 0.1) is 13.7 Å².